The number of rotatable bonds is 4. The molecule has 0 atom stereocenters. The van der Waals surface area contributed by atoms with E-state index in [4.69, 9.17) is 10.5 Å². The van der Waals surface area contributed by atoms with Gasteiger partial charge in [-0.3, -0.25) is 4.79 Å². The minimum atomic E-state index is -0.464. The number of aryl methyl sites for hydroxylation is 1. The molecule has 0 bridgehead atoms. The number of carbonyl (C=O) groups excluding carboxylic acids is 1. The predicted molar refractivity (Wildman–Crippen MR) is 75.8 cm³/mol. The Balaban J connectivity index is 2.22. The number of methoxy groups -OCH3 is 1. The van der Waals surface area contributed by atoms with Gasteiger partial charge >= 0.3 is 0 Å². The van der Waals surface area contributed by atoms with Crippen LogP contribution in [0.5, 0.6) is 5.75 Å². The number of primary amides is 1. The van der Waals surface area contributed by atoms with Crippen LogP contribution in [0.15, 0.2) is 12.1 Å². The fourth-order valence-electron chi connectivity index (χ4n) is 2.39. The Labute approximate surface area is 113 Å². The molecule has 0 aromatic heterocycles. The molecular formula is C14H21N3O2. The lowest BCUT2D eigenvalue weighted by molar-refractivity contribution is 0.0997. The van der Waals surface area contributed by atoms with E-state index >= 15 is 0 Å². The summed E-state index contributed by atoms with van der Waals surface area (Å²) in [5.74, 6) is 0.0582. The summed E-state index contributed by atoms with van der Waals surface area (Å²) in [6, 6.07) is 4.10. The molecule has 1 aromatic carbocycles. The highest BCUT2D eigenvalue weighted by molar-refractivity contribution is 5.96. The minimum Gasteiger partial charge on any atom is -0.496 e. The van der Waals surface area contributed by atoms with Crippen LogP contribution in [0, 0.1) is 6.92 Å². The quantitative estimate of drug-likeness (QED) is 0.764. The van der Waals surface area contributed by atoms with Crippen LogP contribution in [0.4, 0.5) is 5.69 Å². The zero-order valence-electron chi connectivity index (χ0n) is 11.5. The molecule has 5 nitrogen and oxygen atoms in total. The van der Waals surface area contributed by atoms with E-state index in [0.717, 1.165) is 37.2 Å². The summed E-state index contributed by atoms with van der Waals surface area (Å²) >= 11 is 0. The smallest absolute Gasteiger partial charge is 0.252 e. The van der Waals surface area contributed by atoms with Crippen molar-refractivity contribution in [2.24, 2.45) is 5.73 Å². The van der Waals surface area contributed by atoms with Gasteiger partial charge < -0.3 is 21.1 Å². The molecule has 1 aliphatic rings. The predicted octanol–water partition coefficient (Wildman–Crippen LogP) is 1.27. The SMILES string of the molecule is COc1cc(NC2CCNCC2)c(C)cc1C(N)=O. The molecule has 1 fully saturated rings. The molecule has 1 heterocycles. The van der Waals surface area contributed by atoms with Crippen LogP contribution in [0.3, 0.4) is 0 Å². The fraction of sp³-hybridized carbons (Fsp3) is 0.500. The molecule has 1 aromatic rings. The minimum absolute atomic E-state index is 0.427. The van der Waals surface area contributed by atoms with Gasteiger partial charge in [0.2, 0.25) is 0 Å². The molecule has 0 spiro atoms. The van der Waals surface area contributed by atoms with Gasteiger partial charge in [-0.05, 0) is 44.5 Å². The summed E-state index contributed by atoms with van der Waals surface area (Å²) in [4.78, 5) is 11.3. The van der Waals surface area contributed by atoms with Crippen molar-refractivity contribution >= 4 is 11.6 Å². The third kappa shape index (κ3) is 3.17. The molecule has 0 saturated carbocycles. The molecule has 2 rings (SSSR count). The van der Waals surface area contributed by atoms with E-state index in [-0.39, 0.29) is 0 Å². The van der Waals surface area contributed by atoms with Crippen molar-refractivity contribution in [1.82, 2.24) is 5.32 Å². The Morgan fingerprint density at radius 2 is 2.11 bits per heavy atom. The number of hydrogen-bond acceptors (Lipinski definition) is 4. The number of piperidine rings is 1. The normalized spacial score (nSPS) is 16.1. The van der Waals surface area contributed by atoms with Gasteiger partial charge in [-0.2, -0.15) is 0 Å². The second-order valence-corrected chi connectivity index (χ2v) is 4.90. The number of carbonyl (C=O) groups is 1. The number of benzene rings is 1. The summed E-state index contributed by atoms with van der Waals surface area (Å²) < 4.78 is 5.24. The molecular weight excluding hydrogens is 242 g/mol. The number of anilines is 1. The van der Waals surface area contributed by atoms with Crippen molar-refractivity contribution in [2.45, 2.75) is 25.8 Å². The maximum atomic E-state index is 11.3. The third-order valence-electron chi connectivity index (χ3n) is 3.51. The van der Waals surface area contributed by atoms with Gasteiger partial charge in [0.25, 0.3) is 5.91 Å². The number of amides is 1. The molecule has 0 unspecified atom stereocenters. The van der Waals surface area contributed by atoms with E-state index in [9.17, 15) is 4.79 Å². The number of ether oxygens (including phenoxy) is 1. The van der Waals surface area contributed by atoms with Crippen molar-refractivity contribution in [1.29, 1.82) is 0 Å². The summed E-state index contributed by atoms with van der Waals surface area (Å²) in [5.41, 5.74) is 7.79. The van der Waals surface area contributed by atoms with Gasteiger partial charge in [-0.25, -0.2) is 0 Å². The van der Waals surface area contributed by atoms with E-state index in [1.807, 2.05) is 13.0 Å². The van der Waals surface area contributed by atoms with E-state index in [0.29, 0.717) is 17.4 Å². The van der Waals surface area contributed by atoms with Gasteiger partial charge in [0.05, 0.1) is 12.7 Å². The lowest BCUT2D eigenvalue weighted by atomic mass is 10.0. The van der Waals surface area contributed by atoms with Gasteiger partial charge in [-0.1, -0.05) is 0 Å². The van der Waals surface area contributed by atoms with Crippen LogP contribution in [0.25, 0.3) is 0 Å². The van der Waals surface area contributed by atoms with Crippen molar-refractivity contribution in [3.05, 3.63) is 23.3 Å². The van der Waals surface area contributed by atoms with Crippen LogP contribution in [0.2, 0.25) is 0 Å². The van der Waals surface area contributed by atoms with E-state index in [1.165, 1.54) is 0 Å². The Morgan fingerprint density at radius 1 is 1.42 bits per heavy atom. The second kappa shape index (κ2) is 5.93. The standard InChI is InChI=1S/C14H21N3O2/c1-9-7-11(14(15)18)13(19-2)8-12(9)17-10-3-5-16-6-4-10/h7-8,10,16-17H,3-6H2,1-2H3,(H2,15,18). The van der Waals surface area contributed by atoms with Crippen molar-refractivity contribution in [3.63, 3.8) is 0 Å². The largest absolute Gasteiger partial charge is 0.496 e. The molecule has 104 valence electrons. The first-order chi connectivity index (χ1) is 9.11. The Bertz CT molecular complexity index is 468. The lowest BCUT2D eigenvalue weighted by Crippen LogP contribution is -2.35. The van der Waals surface area contributed by atoms with E-state index < -0.39 is 5.91 Å². The maximum Gasteiger partial charge on any atom is 0.252 e. The highest BCUT2D eigenvalue weighted by Gasteiger charge is 2.16. The van der Waals surface area contributed by atoms with Crippen LogP contribution in [-0.2, 0) is 0 Å². The Morgan fingerprint density at radius 3 is 2.68 bits per heavy atom. The molecule has 1 amide bonds. The topological polar surface area (TPSA) is 76.4 Å². The zero-order chi connectivity index (χ0) is 13.8. The zero-order valence-corrected chi connectivity index (χ0v) is 11.5. The van der Waals surface area contributed by atoms with E-state index in [2.05, 4.69) is 10.6 Å². The number of hydrogen-bond donors (Lipinski definition) is 3. The first kappa shape index (κ1) is 13.7. The highest BCUT2D eigenvalue weighted by atomic mass is 16.5. The summed E-state index contributed by atoms with van der Waals surface area (Å²) in [5, 5.41) is 6.85. The van der Waals surface area contributed by atoms with Crippen molar-refractivity contribution < 1.29 is 9.53 Å². The molecule has 0 radical (unpaired) electrons. The summed E-state index contributed by atoms with van der Waals surface area (Å²) in [6.07, 6.45) is 2.19. The van der Waals surface area contributed by atoms with Gasteiger partial charge in [-0.15, -0.1) is 0 Å². The van der Waals surface area contributed by atoms with Gasteiger partial charge in [0.15, 0.2) is 0 Å². The average Bonchev–Trinajstić information content (AvgIpc) is 2.41. The Kier molecular flexibility index (Phi) is 4.27. The average molecular weight is 263 g/mol. The lowest BCUT2D eigenvalue weighted by Gasteiger charge is -2.26. The highest BCUT2D eigenvalue weighted by Crippen LogP contribution is 2.28. The number of nitrogens with one attached hydrogen (secondary N) is 2. The second-order valence-electron chi connectivity index (χ2n) is 4.90. The number of nitrogens with two attached hydrogens (primary N) is 1. The van der Waals surface area contributed by atoms with Crippen LogP contribution >= 0.6 is 0 Å². The molecule has 4 N–H and O–H groups in total. The van der Waals surface area contributed by atoms with Crippen molar-refractivity contribution in [3.8, 4) is 5.75 Å². The van der Waals surface area contributed by atoms with Crippen LogP contribution in [-0.4, -0.2) is 32.1 Å². The molecule has 19 heavy (non-hydrogen) atoms. The van der Waals surface area contributed by atoms with E-state index in [1.54, 1.807) is 13.2 Å². The van der Waals surface area contributed by atoms with Crippen molar-refractivity contribution in [2.75, 3.05) is 25.5 Å². The fourth-order valence-corrected chi connectivity index (χ4v) is 2.39. The molecule has 0 aliphatic carbocycles. The maximum absolute atomic E-state index is 11.3. The third-order valence-corrected chi connectivity index (χ3v) is 3.51. The summed E-state index contributed by atoms with van der Waals surface area (Å²) in [6.45, 7) is 4.04. The van der Waals surface area contributed by atoms with Crippen LogP contribution < -0.4 is 21.1 Å². The molecule has 5 heteroatoms. The summed E-state index contributed by atoms with van der Waals surface area (Å²) in [7, 11) is 1.55. The first-order valence-electron chi connectivity index (χ1n) is 6.57. The monoisotopic (exact) mass is 263 g/mol. The van der Waals surface area contributed by atoms with Crippen LogP contribution in [0.1, 0.15) is 28.8 Å². The van der Waals surface area contributed by atoms with Gasteiger partial charge in [0, 0.05) is 17.8 Å². The first-order valence-corrected chi connectivity index (χ1v) is 6.57. The molecule has 1 saturated heterocycles. The van der Waals surface area contributed by atoms with Gasteiger partial charge in [0.1, 0.15) is 5.75 Å². The Hall–Kier alpha value is -1.75. The molecule has 1 aliphatic heterocycles.